The molecule has 156 valence electrons. The predicted octanol–water partition coefficient (Wildman–Crippen LogP) is 3.52. The molecular weight excluding hydrogens is 400 g/mol. The van der Waals surface area contributed by atoms with E-state index in [1.807, 2.05) is 27.7 Å². The molecule has 6 nitrogen and oxygen atoms in total. The van der Waals surface area contributed by atoms with Gasteiger partial charge < -0.3 is 9.47 Å². The van der Waals surface area contributed by atoms with E-state index < -0.39 is 0 Å². The molecule has 32 heavy (non-hydrogen) atoms. The number of aromatic nitrogens is 1. The van der Waals surface area contributed by atoms with Crippen LogP contribution in [0.15, 0.2) is 65.5 Å². The highest BCUT2D eigenvalue weighted by atomic mass is 16.2. The Kier molecular flexibility index (Phi) is 4.84. The second-order valence-corrected chi connectivity index (χ2v) is 8.48. The Morgan fingerprint density at radius 3 is 2.44 bits per heavy atom. The van der Waals surface area contributed by atoms with Crippen LogP contribution in [0.3, 0.4) is 0 Å². The fourth-order valence-electron chi connectivity index (χ4n) is 4.96. The van der Waals surface area contributed by atoms with Crippen molar-refractivity contribution in [3.05, 3.63) is 93.4 Å². The topological polar surface area (TPSA) is 89.9 Å². The summed E-state index contributed by atoms with van der Waals surface area (Å²) in [6.07, 6.45) is 0.958. The Bertz CT molecular complexity index is 1360. The van der Waals surface area contributed by atoms with Gasteiger partial charge in [0.25, 0.3) is 11.5 Å². The molecular formula is C26H20N4O2. The van der Waals surface area contributed by atoms with Crippen LogP contribution in [-0.4, -0.2) is 28.5 Å². The first-order valence-corrected chi connectivity index (χ1v) is 10.6. The maximum atomic E-state index is 13.3. The lowest BCUT2D eigenvalue weighted by molar-refractivity contribution is 0.0594. The molecule has 0 radical (unpaired) electrons. The lowest BCUT2D eigenvalue weighted by Gasteiger charge is -2.43. The van der Waals surface area contributed by atoms with Gasteiger partial charge in [0.2, 0.25) is 0 Å². The van der Waals surface area contributed by atoms with E-state index in [2.05, 4.69) is 12.1 Å². The molecule has 6 heteroatoms. The van der Waals surface area contributed by atoms with Gasteiger partial charge in [0.15, 0.2) is 0 Å². The van der Waals surface area contributed by atoms with Gasteiger partial charge in [0.1, 0.15) is 0 Å². The van der Waals surface area contributed by atoms with Gasteiger partial charge in [-0.2, -0.15) is 10.5 Å². The number of pyridine rings is 1. The quantitative estimate of drug-likeness (QED) is 0.634. The molecule has 3 aromatic rings. The summed E-state index contributed by atoms with van der Waals surface area (Å²) in [6, 6.07) is 21.9. The number of nitrogens with zero attached hydrogens (tertiary/aromatic N) is 4. The largest absolute Gasteiger partial charge is 0.338 e. The highest BCUT2D eigenvalue weighted by molar-refractivity contribution is 5.94. The molecule has 0 unspecified atom stereocenters. The third-order valence-corrected chi connectivity index (χ3v) is 6.46. The van der Waals surface area contributed by atoms with Crippen LogP contribution in [0.5, 0.6) is 0 Å². The van der Waals surface area contributed by atoms with Gasteiger partial charge in [-0.05, 0) is 66.4 Å². The molecule has 5 rings (SSSR count). The standard InChI is InChI=1S/C26H20N4O2/c27-12-17-4-6-20(7-5-17)25(31)29-14-19-11-22(16-29)24-9-8-23(26(32)30(24)15-19)21-3-1-2-18(10-21)13-28/h1-10,19,22H,11,14-16H2/t19-,22-/m1/s1. The van der Waals surface area contributed by atoms with Crippen LogP contribution in [-0.2, 0) is 6.54 Å². The van der Waals surface area contributed by atoms with E-state index in [1.165, 1.54) is 0 Å². The van der Waals surface area contributed by atoms with Gasteiger partial charge in [0.05, 0.1) is 23.3 Å². The van der Waals surface area contributed by atoms with Crippen LogP contribution >= 0.6 is 0 Å². The first kappa shape index (κ1) is 19.8. The number of fused-ring (bicyclic) bond motifs is 4. The lowest BCUT2D eigenvalue weighted by atomic mass is 9.82. The number of benzene rings is 2. The van der Waals surface area contributed by atoms with Gasteiger partial charge in [-0.1, -0.05) is 12.1 Å². The zero-order valence-electron chi connectivity index (χ0n) is 17.4. The van der Waals surface area contributed by atoms with E-state index >= 15 is 0 Å². The third kappa shape index (κ3) is 3.36. The monoisotopic (exact) mass is 420 g/mol. The van der Waals surface area contributed by atoms with E-state index in [-0.39, 0.29) is 23.3 Å². The average molecular weight is 420 g/mol. The van der Waals surface area contributed by atoms with Crippen LogP contribution in [0.1, 0.15) is 39.5 Å². The number of rotatable bonds is 2. The van der Waals surface area contributed by atoms with E-state index in [0.29, 0.717) is 41.9 Å². The van der Waals surface area contributed by atoms with Crippen molar-refractivity contribution in [3.63, 3.8) is 0 Å². The van der Waals surface area contributed by atoms with Crippen LogP contribution in [0.4, 0.5) is 0 Å². The second-order valence-electron chi connectivity index (χ2n) is 8.48. The van der Waals surface area contributed by atoms with Gasteiger partial charge in [-0.3, -0.25) is 9.59 Å². The number of nitriles is 2. The van der Waals surface area contributed by atoms with E-state index in [1.54, 1.807) is 42.5 Å². The Labute approximate surface area is 185 Å². The molecule has 0 saturated carbocycles. The summed E-state index contributed by atoms with van der Waals surface area (Å²) in [5.41, 5.74) is 3.89. The number of likely N-dealkylation sites (tertiary alicyclic amines) is 1. The summed E-state index contributed by atoms with van der Waals surface area (Å²) in [6.45, 7) is 1.75. The van der Waals surface area contributed by atoms with Crippen molar-refractivity contribution in [3.8, 4) is 23.3 Å². The number of piperidine rings is 1. The molecule has 0 spiro atoms. The summed E-state index contributed by atoms with van der Waals surface area (Å²) in [7, 11) is 0. The van der Waals surface area contributed by atoms with Crippen molar-refractivity contribution in [1.82, 2.24) is 9.47 Å². The number of carbonyl (C=O) groups excluding carboxylic acids is 1. The van der Waals surface area contributed by atoms with E-state index in [9.17, 15) is 14.9 Å². The van der Waals surface area contributed by atoms with Crippen molar-refractivity contribution in [2.45, 2.75) is 18.9 Å². The minimum absolute atomic E-state index is 0.0371. The van der Waals surface area contributed by atoms with Crippen molar-refractivity contribution in [2.24, 2.45) is 5.92 Å². The summed E-state index contributed by atoms with van der Waals surface area (Å²) < 4.78 is 1.86. The highest BCUT2D eigenvalue weighted by Gasteiger charge is 2.37. The first-order chi connectivity index (χ1) is 15.6. The summed E-state index contributed by atoms with van der Waals surface area (Å²) in [5, 5.41) is 18.1. The average Bonchev–Trinajstić information content (AvgIpc) is 2.84. The van der Waals surface area contributed by atoms with Crippen LogP contribution < -0.4 is 5.56 Å². The summed E-state index contributed by atoms with van der Waals surface area (Å²) >= 11 is 0. The Hall–Kier alpha value is -4.16. The normalized spacial score (nSPS) is 18.9. The summed E-state index contributed by atoms with van der Waals surface area (Å²) in [4.78, 5) is 28.2. The van der Waals surface area contributed by atoms with Gasteiger partial charge in [-0.25, -0.2) is 0 Å². The van der Waals surface area contributed by atoms with Crippen molar-refractivity contribution >= 4 is 5.91 Å². The smallest absolute Gasteiger partial charge is 0.258 e. The fraction of sp³-hybridized carbons (Fsp3) is 0.231. The number of hydrogen-bond donors (Lipinski definition) is 0. The lowest BCUT2D eigenvalue weighted by Crippen LogP contribution is -2.49. The second kappa shape index (κ2) is 7.83. The molecule has 1 amide bonds. The molecule has 2 aromatic carbocycles. The molecule has 0 N–H and O–H groups in total. The molecule has 1 fully saturated rings. The first-order valence-electron chi connectivity index (χ1n) is 10.6. The maximum absolute atomic E-state index is 13.3. The minimum Gasteiger partial charge on any atom is -0.338 e. The van der Waals surface area contributed by atoms with Gasteiger partial charge in [0, 0.05) is 42.4 Å². The zero-order chi connectivity index (χ0) is 22.2. The fourth-order valence-corrected chi connectivity index (χ4v) is 4.96. The molecule has 2 bridgehead atoms. The molecule has 2 aliphatic heterocycles. The number of hydrogen-bond acceptors (Lipinski definition) is 4. The Balaban J connectivity index is 1.44. The SMILES string of the molecule is N#Cc1ccc(C(=O)N2C[C@H]3C[C@H](C2)c2ccc(-c4cccc(C#N)c4)c(=O)n2C3)cc1. The molecule has 1 saturated heterocycles. The number of amides is 1. The highest BCUT2D eigenvalue weighted by Crippen LogP contribution is 2.36. The third-order valence-electron chi connectivity index (χ3n) is 6.46. The molecule has 0 aliphatic carbocycles. The number of carbonyl (C=O) groups is 1. The van der Waals surface area contributed by atoms with Crippen LogP contribution in [0, 0.1) is 28.6 Å². The predicted molar refractivity (Wildman–Crippen MR) is 119 cm³/mol. The minimum atomic E-state index is -0.0424. The van der Waals surface area contributed by atoms with E-state index in [0.717, 1.165) is 17.7 Å². The summed E-state index contributed by atoms with van der Waals surface area (Å²) in [5.74, 6) is 0.281. The van der Waals surface area contributed by atoms with Crippen molar-refractivity contribution in [2.75, 3.05) is 13.1 Å². The van der Waals surface area contributed by atoms with Gasteiger partial charge in [-0.15, -0.1) is 0 Å². The van der Waals surface area contributed by atoms with Crippen LogP contribution in [0.25, 0.3) is 11.1 Å². The Morgan fingerprint density at radius 2 is 1.69 bits per heavy atom. The molecule has 2 atom stereocenters. The van der Waals surface area contributed by atoms with E-state index in [4.69, 9.17) is 5.26 Å². The molecule has 2 aliphatic rings. The molecule has 3 heterocycles. The molecule has 1 aromatic heterocycles. The Morgan fingerprint density at radius 1 is 0.906 bits per heavy atom. The van der Waals surface area contributed by atoms with Crippen molar-refractivity contribution < 1.29 is 4.79 Å². The van der Waals surface area contributed by atoms with Crippen molar-refractivity contribution in [1.29, 1.82) is 10.5 Å². The maximum Gasteiger partial charge on any atom is 0.258 e. The zero-order valence-corrected chi connectivity index (χ0v) is 17.4. The van der Waals surface area contributed by atoms with Gasteiger partial charge >= 0.3 is 0 Å². The van der Waals surface area contributed by atoms with Crippen LogP contribution in [0.2, 0.25) is 0 Å².